The standard InChI is InChI=1S/C46H29NS/c1-2-11-30(12-3-1)31-23-26-35(27-24-31)47(40-19-10-20-42-46(40)45-37-16-7-5-14-33(37)25-28-43(45)48-42)41-29-34-22-21-32-13-4-6-15-36(32)44(34)39-18-9-8-17-38(39)41/h1-29H. The molecule has 9 aromatic carbocycles. The second-order valence-electron chi connectivity index (χ2n) is 12.5. The van der Waals surface area contributed by atoms with Crippen LogP contribution in [0.4, 0.5) is 17.1 Å². The molecule has 0 amide bonds. The Morgan fingerprint density at radius 3 is 1.69 bits per heavy atom. The third kappa shape index (κ3) is 4.17. The Balaban J connectivity index is 1.32. The normalized spacial score (nSPS) is 11.8. The van der Waals surface area contributed by atoms with Gasteiger partial charge < -0.3 is 4.90 Å². The highest BCUT2D eigenvalue weighted by Crippen LogP contribution is 2.49. The van der Waals surface area contributed by atoms with Gasteiger partial charge in [0, 0.05) is 31.2 Å². The smallest absolute Gasteiger partial charge is 0.0555 e. The van der Waals surface area contributed by atoms with E-state index in [1.165, 1.54) is 85.8 Å². The lowest BCUT2D eigenvalue weighted by molar-refractivity contribution is 1.32. The third-order valence-electron chi connectivity index (χ3n) is 9.81. The number of benzene rings is 9. The molecule has 1 heterocycles. The topological polar surface area (TPSA) is 3.24 Å². The lowest BCUT2D eigenvalue weighted by Gasteiger charge is -2.29. The predicted octanol–water partition coefficient (Wildman–Crippen LogP) is 13.8. The summed E-state index contributed by atoms with van der Waals surface area (Å²) in [5, 5.41) is 12.8. The van der Waals surface area contributed by atoms with Crippen LogP contribution < -0.4 is 4.90 Å². The third-order valence-corrected chi connectivity index (χ3v) is 10.9. The molecule has 1 nitrogen and oxygen atoms in total. The summed E-state index contributed by atoms with van der Waals surface area (Å²) in [5.41, 5.74) is 5.92. The molecule has 0 unspecified atom stereocenters. The van der Waals surface area contributed by atoms with Crippen LogP contribution in [0, 0.1) is 0 Å². The van der Waals surface area contributed by atoms with E-state index in [9.17, 15) is 0 Å². The van der Waals surface area contributed by atoms with Crippen molar-refractivity contribution >= 4 is 91.7 Å². The molecule has 0 atom stereocenters. The molecule has 0 N–H and O–H groups in total. The van der Waals surface area contributed by atoms with E-state index in [2.05, 4.69) is 181 Å². The monoisotopic (exact) mass is 627 g/mol. The summed E-state index contributed by atoms with van der Waals surface area (Å²) >= 11 is 1.88. The maximum absolute atomic E-state index is 2.50. The molecule has 0 spiro atoms. The van der Waals surface area contributed by atoms with Crippen LogP contribution in [0.25, 0.3) is 74.4 Å². The first-order valence-electron chi connectivity index (χ1n) is 16.4. The van der Waals surface area contributed by atoms with Crippen molar-refractivity contribution in [1.82, 2.24) is 0 Å². The minimum atomic E-state index is 1.13. The van der Waals surface area contributed by atoms with Gasteiger partial charge in [0.05, 0.1) is 11.4 Å². The molecule has 10 rings (SSSR count). The molecule has 0 radical (unpaired) electrons. The van der Waals surface area contributed by atoms with Gasteiger partial charge in [-0.2, -0.15) is 0 Å². The lowest BCUT2D eigenvalue weighted by atomic mass is 9.94. The van der Waals surface area contributed by atoms with Crippen molar-refractivity contribution in [2.75, 3.05) is 4.90 Å². The molecule has 0 bridgehead atoms. The fourth-order valence-corrected chi connectivity index (χ4v) is 8.78. The van der Waals surface area contributed by atoms with Gasteiger partial charge in [-0.15, -0.1) is 11.3 Å². The van der Waals surface area contributed by atoms with Crippen molar-refractivity contribution in [2.24, 2.45) is 0 Å². The Labute approximate surface area is 282 Å². The second-order valence-corrected chi connectivity index (χ2v) is 13.6. The van der Waals surface area contributed by atoms with Gasteiger partial charge in [0.1, 0.15) is 0 Å². The van der Waals surface area contributed by atoms with E-state index in [1.54, 1.807) is 0 Å². The van der Waals surface area contributed by atoms with Gasteiger partial charge in [-0.25, -0.2) is 0 Å². The molecule has 0 fully saturated rings. The Hall–Kier alpha value is -5.96. The zero-order valence-corrected chi connectivity index (χ0v) is 26.9. The molecule has 2 heteroatoms. The molecule has 48 heavy (non-hydrogen) atoms. The maximum Gasteiger partial charge on any atom is 0.0555 e. The van der Waals surface area contributed by atoms with Crippen LogP contribution in [0.15, 0.2) is 176 Å². The van der Waals surface area contributed by atoms with E-state index in [-0.39, 0.29) is 0 Å². The zero-order chi connectivity index (χ0) is 31.6. The molecule has 0 saturated heterocycles. The molecule has 1 aromatic heterocycles. The first-order valence-corrected chi connectivity index (χ1v) is 17.3. The highest BCUT2D eigenvalue weighted by atomic mass is 32.1. The predicted molar refractivity (Wildman–Crippen MR) is 209 cm³/mol. The van der Waals surface area contributed by atoms with E-state index in [4.69, 9.17) is 0 Å². The van der Waals surface area contributed by atoms with Crippen molar-refractivity contribution in [1.29, 1.82) is 0 Å². The van der Waals surface area contributed by atoms with E-state index in [0.29, 0.717) is 0 Å². The van der Waals surface area contributed by atoms with E-state index < -0.39 is 0 Å². The molecule has 0 saturated carbocycles. The maximum atomic E-state index is 2.50. The largest absolute Gasteiger partial charge is 0.309 e. The van der Waals surface area contributed by atoms with Gasteiger partial charge in [-0.3, -0.25) is 0 Å². The van der Waals surface area contributed by atoms with Crippen LogP contribution in [0.5, 0.6) is 0 Å². The van der Waals surface area contributed by atoms with Gasteiger partial charge in [0.15, 0.2) is 0 Å². The number of rotatable bonds is 4. The highest BCUT2D eigenvalue weighted by Gasteiger charge is 2.22. The minimum absolute atomic E-state index is 1.13. The van der Waals surface area contributed by atoms with Crippen LogP contribution in [-0.2, 0) is 0 Å². The Morgan fingerprint density at radius 1 is 0.333 bits per heavy atom. The van der Waals surface area contributed by atoms with Crippen molar-refractivity contribution < 1.29 is 0 Å². The molecule has 10 aromatic rings. The molecular weight excluding hydrogens is 599 g/mol. The average Bonchev–Trinajstić information content (AvgIpc) is 3.55. The zero-order valence-electron chi connectivity index (χ0n) is 26.1. The molecule has 224 valence electrons. The summed E-state index contributed by atoms with van der Waals surface area (Å²) in [5.74, 6) is 0. The SMILES string of the molecule is c1ccc(-c2ccc(N(c3cc4ccc5ccccc5c4c4ccccc34)c3cccc4sc5ccc6ccccc6c5c34)cc2)cc1. The first-order chi connectivity index (χ1) is 23.8. The van der Waals surface area contributed by atoms with Crippen LogP contribution >= 0.6 is 11.3 Å². The van der Waals surface area contributed by atoms with Crippen LogP contribution in [-0.4, -0.2) is 0 Å². The van der Waals surface area contributed by atoms with Gasteiger partial charge in [-0.1, -0.05) is 140 Å². The second kappa shape index (κ2) is 10.8. The van der Waals surface area contributed by atoms with Crippen molar-refractivity contribution in [3.05, 3.63) is 176 Å². The Kier molecular flexibility index (Phi) is 6.12. The van der Waals surface area contributed by atoms with Gasteiger partial charge in [0.25, 0.3) is 0 Å². The van der Waals surface area contributed by atoms with Crippen LogP contribution in [0.3, 0.4) is 0 Å². The van der Waals surface area contributed by atoms with Gasteiger partial charge >= 0.3 is 0 Å². The van der Waals surface area contributed by atoms with Crippen LogP contribution in [0.1, 0.15) is 0 Å². The van der Waals surface area contributed by atoms with Crippen molar-refractivity contribution in [3.8, 4) is 11.1 Å². The molecule has 0 aliphatic rings. The molecule has 0 aliphatic carbocycles. The van der Waals surface area contributed by atoms with Gasteiger partial charge in [0.2, 0.25) is 0 Å². The summed E-state index contributed by atoms with van der Waals surface area (Å²) in [6.45, 7) is 0. The summed E-state index contributed by atoms with van der Waals surface area (Å²) in [4.78, 5) is 2.50. The average molecular weight is 628 g/mol. The molecular formula is C46H29NS. The Bertz CT molecular complexity index is 2830. The summed E-state index contributed by atoms with van der Waals surface area (Å²) in [6, 6.07) is 64.5. The van der Waals surface area contributed by atoms with E-state index >= 15 is 0 Å². The number of hydrogen-bond acceptors (Lipinski definition) is 2. The summed E-state index contributed by atoms with van der Waals surface area (Å²) in [7, 11) is 0. The number of thiophene rings is 1. The van der Waals surface area contributed by atoms with E-state index in [1.807, 2.05) is 11.3 Å². The summed E-state index contributed by atoms with van der Waals surface area (Å²) < 4.78 is 2.60. The van der Waals surface area contributed by atoms with Gasteiger partial charge in [-0.05, 0) is 85.2 Å². The fraction of sp³-hybridized carbons (Fsp3) is 0. The first kappa shape index (κ1) is 27.2. The fourth-order valence-electron chi connectivity index (χ4n) is 7.64. The quantitative estimate of drug-likeness (QED) is 0.176. The van der Waals surface area contributed by atoms with Crippen molar-refractivity contribution in [2.45, 2.75) is 0 Å². The highest BCUT2D eigenvalue weighted by molar-refractivity contribution is 7.26. The minimum Gasteiger partial charge on any atom is -0.309 e. The number of nitrogens with zero attached hydrogens (tertiary/aromatic N) is 1. The number of fused-ring (bicyclic) bond motifs is 10. The number of hydrogen-bond donors (Lipinski definition) is 0. The summed E-state index contributed by atoms with van der Waals surface area (Å²) in [6.07, 6.45) is 0. The van der Waals surface area contributed by atoms with Crippen molar-refractivity contribution in [3.63, 3.8) is 0 Å². The lowest BCUT2D eigenvalue weighted by Crippen LogP contribution is -2.11. The molecule has 0 aliphatic heterocycles. The Morgan fingerprint density at radius 2 is 0.917 bits per heavy atom. The number of anilines is 3. The van der Waals surface area contributed by atoms with E-state index in [0.717, 1.165) is 5.69 Å². The van der Waals surface area contributed by atoms with Crippen LogP contribution in [0.2, 0.25) is 0 Å².